The van der Waals surface area contributed by atoms with Crippen molar-refractivity contribution >= 4 is 43.0 Å². The van der Waals surface area contributed by atoms with Crippen molar-refractivity contribution in [2.45, 2.75) is 18.4 Å². The van der Waals surface area contributed by atoms with E-state index in [4.69, 9.17) is 0 Å². The number of sulfonamides is 1. The Morgan fingerprint density at radius 2 is 2.00 bits per heavy atom. The number of para-hydroxylation sites is 2. The van der Waals surface area contributed by atoms with Gasteiger partial charge in [0.1, 0.15) is 10.6 Å². The van der Waals surface area contributed by atoms with Gasteiger partial charge >= 0.3 is 6.61 Å². The molecule has 2 rings (SSSR count). The van der Waals surface area contributed by atoms with Crippen molar-refractivity contribution in [1.29, 1.82) is 0 Å². The molecule has 1 aromatic carbocycles. The average Bonchev–Trinajstić information content (AvgIpc) is 2.71. The molecule has 0 spiro atoms. The summed E-state index contributed by atoms with van der Waals surface area (Å²) in [7, 11) is -3.88. The molecule has 0 atom stereocenters. The molecule has 0 amide bonds. The van der Waals surface area contributed by atoms with Crippen LogP contribution in [0.5, 0.6) is 5.75 Å². The number of anilines is 1. The van der Waals surface area contributed by atoms with Crippen molar-refractivity contribution in [3.8, 4) is 5.75 Å². The molecule has 0 aliphatic carbocycles. The number of aryl methyl sites for hydroxylation is 1. The third-order valence-corrected chi connectivity index (χ3v) is 5.65. The molecule has 0 fully saturated rings. The van der Waals surface area contributed by atoms with Crippen molar-refractivity contribution < 1.29 is 21.9 Å². The molecule has 0 aliphatic heterocycles. The quantitative estimate of drug-likeness (QED) is 0.821. The lowest BCUT2D eigenvalue weighted by Gasteiger charge is -2.12. The number of halogens is 3. The molecule has 21 heavy (non-hydrogen) atoms. The molecule has 1 heterocycles. The van der Waals surface area contributed by atoms with Gasteiger partial charge in [0.05, 0.1) is 9.47 Å². The normalized spacial score (nSPS) is 11.7. The molecule has 9 heteroatoms. The molecule has 0 aliphatic rings. The highest BCUT2D eigenvalue weighted by molar-refractivity contribution is 9.11. The van der Waals surface area contributed by atoms with Crippen LogP contribution < -0.4 is 9.46 Å². The minimum Gasteiger partial charge on any atom is -0.433 e. The molecule has 114 valence electrons. The van der Waals surface area contributed by atoms with E-state index >= 15 is 0 Å². The Labute approximate surface area is 132 Å². The lowest BCUT2D eigenvalue weighted by molar-refractivity contribution is -0.0493. The summed E-state index contributed by atoms with van der Waals surface area (Å²) in [5.41, 5.74) is -0.0421. The molecule has 1 N–H and O–H groups in total. The summed E-state index contributed by atoms with van der Waals surface area (Å²) in [5.74, 6) is -0.233. The third kappa shape index (κ3) is 3.92. The predicted molar refractivity (Wildman–Crippen MR) is 80.6 cm³/mol. The molecule has 0 unspecified atom stereocenters. The van der Waals surface area contributed by atoms with Crippen LogP contribution in [0.1, 0.15) is 4.88 Å². The van der Waals surface area contributed by atoms with Gasteiger partial charge in [0.15, 0.2) is 0 Å². The minimum absolute atomic E-state index is 0.0421. The van der Waals surface area contributed by atoms with E-state index in [9.17, 15) is 17.2 Å². The number of ether oxygens (including phenoxy) is 1. The van der Waals surface area contributed by atoms with Crippen LogP contribution in [0.4, 0.5) is 14.5 Å². The average molecular weight is 398 g/mol. The first-order valence-electron chi connectivity index (χ1n) is 5.62. The van der Waals surface area contributed by atoms with Crippen molar-refractivity contribution in [2.24, 2.45) is 0 Å². The van der Waals surface area contributed by atoms with Crippen LogP contribution >= 0.6 is 27.3 Å². The molecular formula is C12H10BrF2NO3S2. The first-order chi connectivity index (χ1) is 9.79. The molecule has 0 radical (unpaired) electrons. The van der Waals surface area contributed by atoms with E-state index in [1.54, 1.807) is 6.92 Å². The zero-order valence-electron chi connectivity index (χ0n) is 10.6. The van der Waals surface area contributed by atoms with Crippen LogP contribution in [0.2, 0.25) is 0 Å². The number of benzene rings is 1. The first kappa shape index (κ1) is 16.2. The molecule has 0 saturated heterocycles. The Balaban J connectivity index is 2.35. The predicted octanol–water partition coefficient (Wildman–Crippen LogP) is 4.22. The summed E-state index contributed by atoms with van der Waals surface area (Å²) < 4.78 is 56.5. The second kappa shape index (κ2) is 6.29. The summed E-state index contributed by atoms with van der Waals surface area (Å²) in [6.07, 6.45) is 0. The van der Waals surface area contributed by atoms with E-state index in [1.165, 1.54) is 41.7 Å². The van der Waals surface area contributed by atoms with Gasteiger partial charge in [-0.25, -0.2) is 8.42 Å². The summed E-state index contributed by atoms with van der Waals surface area (Å²) in [4.78, 5) is 0.674. The Bertz CT molecular complexity index is 747. The van der Waals surface area contributed by atoms with Crippen molar-refractivity contribution in [3.05, 3.63) is 39.0 Å². The lowest BCUT2D eigenvalue weighted by Crippen LogP contribution is -2.14. The van der Waals surface area contributed by atoms with E-state index in [-0.39, 0.29) is 16.3 Å². The standard InChI is InChI=1S/C12H10BrF2NO3S2/c1-7-10(6-11(13)20-7)21(17,18)16-8-4-2-3-5-9(8)19-12(14)15/h2-6,12,16H,1H3. The van der Waals surface area contributed by atoms with Gasteiger partial charge in [-0.1, -0.05) is 12.1 Å². The second-order valence-electron chi connectivity index (χ2n) is 3.95. The van der Waals surface area contributed by atoms with Gasteiger partial charge in [0.2, 0.25) is 0 Å². The lowest BCUT2D eigenvalue weighted by atomic mass is 10.3. The first-order valence-corrected chi connectivity index (χ1v) is 8.71. The number of thiophene rings is 1. The van der Waals surface area contributed by atoms with Gasteiger partial charge in [0.25, 0.3) is 10.0 Å². The highest BCUT2D eigenvalue weighted by Gasteiger charge is 2.21. The van der Waals surface area contributed by atoms with Crippen LogP contribution in [0, 0.1) is 6.92 Å². The van der Waals surface area contributed by atoms with Gasteiger partial charge < -0.3 is 4.74 Å². The van der Waals surface area contributed by atoms with Crippen molar-refractivity contribution in [1.82, 2.24) is 0 Å². The van der Waals surface area contributed by atoms with Crippen LogP contribution in [0.25, 0.3) is 0 Å². The number of alkyl halides is 2. The van der Waals surface area contributed by atoms with Crippen LogP contribution in [-0.4, -0.2) is 15.0 Å². The summed E-state index contributed by atoms with van der Waals surface area (Å²) in [5, 5.41) is 0. The molecule has 2 aromatic rings. The summed E-state index contributed by atoms with van der Waals surface area (Å²) >= 11 is 4.48. The molecule has 1 aromatic heterocycles. The van der Waals surface area contributed by atoms with E-state index in [0.29, 0.717) is 8.66 Å². The maximum atomic E-state index is 12.3. The highest BCUT2D eigenvalue weighted by Crippen LogP contribution is 2.33. The van der Waals surface area contributed by atoms with Gasteiger partial charge in [0, 0.05) is 4.88 Å². The number of nitrogens with one attached hydrogen (secondary N) is 1. The smallest absolute Gasteiger partial charge is 0.387 e. The fourth-order valence-electron chi connectivity index (χ4n) is 1.65. The monoisotopic (exact) mass is 397 g/mol. The van der Waals surface area contributed by atoms with E-state index < -0.39 is 16.6 Å². The van der Waals surface area contributed by atoms with Crippen LogP contribution in [0.15, 0.2) is 39.0 Å². The minimum atomic E-state index is -3.88. The van der Waals surface area contributed by atoms with Crippen LogP contribution in [0.3, 0.4) is 0 Å². The SMILES string of the molecule is Cc1sc(Br)cc1S(=O)(=O)Nc1ccccc1OC(F)F. The van der Waals surface area contributed by atoms with E-state index in [0.717, 1.165) is 0 Å². The van der Waals surface area contributed by atoms with Gasteiger partial charge in [-0.2, -0.15) is 8.78 Å². The third-order valence-electron chi connectivity index (χ3n) is 2.48. The number of rotatable bonds is 5. The largest absolute Gasteiger partial charge is 0.433 e. The Morgan fingerprint density at radius 1 is 1.33 bits per heavy atom. The number of hydrogen-bond acceptors (Lipinski definition) is 4. The van der Waals surface area contributed by atoms with Crippen molar-refractivity contribution in [3.63, 3.8) is 0 Å². The second-order valence-corrected chi connectivity index (χ2v) is 8.24. The zero-order chi connectivity index (χ0) is 15.6. The fraction of sp³-hybridized carbons (Fsp3) is 0.167. The molecule has 4 nitrogen and oxygen atoms in total. The van der Waals surface area contributed by atoms with Crippen molar-refractivity contribution in [2.75, 3.05) is 4.72 Å². The Kier molecular flexibility index (Phi) is 4.84. The Morgan fingerprint density at radius 3 is 2.57 bits per heavy atom. The molecule has 0 bridgehead atoms. The summed E-state index contributed by atoms with van der Waals surface area (Å²) in [6.45, 7) is -1.38. The Hall–Kier alpha value is -1.19. The van der Waals surface area contributed by atoms with E-state index in [2.05, 4.69) is 25.4 Å². The fourth-order valence-corrected chi connectivity index (χ4v) is 5.13. The highest BCUT2D eigenvalue weighted by atomic mass is 79.9. The van der Waals surface area contributed by atoms with Gasteiger partial charge in [-0.15, -0.1) is 11.3 Å². The maximum Gasteiger partial charge on any atom is 0.387 e. The number of hydrogen-bond donors (Lipinski definition) is 1. The molecule has 0 saturated carbocycles. The maximum absolute atomic E-state index is 12.3. The van der Waals surface area contributed by atoms with Gasteiger partial charge in [-0.05, 0) is 41.1 Å². The molecular weight excluding hydrogens is 388 g/mol. The summed E-state index contributed by atoms with van der Waals surface area (Å²) in [6, 6.07) is 7.07. The van der Waals surface area contributed by atoms with Gasteiger partial charge in [-0.3, -0.25) is 4.72 Å². The topological polar surface area (TPSA) is 55.4 Å². The van der Waals surface area contributed by atoms with E-state index in [1.807, 2.05) is 0 Å². The zero-order valence-corrected chi connectivity index (χ0v) is 13.9. The van der Waals surface area contributed by atoms with Crippen LogP contribution in [-0.2, 0) is 10.0 Å².